The summed E-state index contributed by atoms with van der Waals surface area (Å²) in [5.41, 5.74) is 3.97. The minimum absolute atomic E-state index is 0.132. The summed E-state index contributed by atoms with van der Waals surface area (Å²) in [6.07, 6.45) is 0.153. The Hall–Kier alpha value is -2.39. The van der Waals surface area contributed by atoms with Crippen LogP contribution in [0.4, 0.5) is 9.18 Å². The van der Waals surface area contributed by atoms with Crippen molar-refractivity contribution in [3.8, 4) is 0 Å². The Kier molecular flexibility index (Phi) is 12.7. The average molecular weight is 433 g/mol. The molecule has 0 saturated heterocycles. The van der Waals surface area contributed by atoms with Gasteiger partial charge in [0.1, 0.15) is 11.6 Å². The average Bonchev–Trinajstić information content (AvgIpc) is 2.59. The van der Waals surface area contributed by atoms with E-state index in [4.69, 9.17) is 4.74 Å². The lowest BCUT2D eigenvalue weighted by molar-refractivity contribution is -0.130. The van der Waals surface area contributed by atoms with Crippen LogP contribution in [-0.4, -0.2) is 48.2 Å². The summed E-state index contributed by atoms with van der Waals surface area (Å²) in [7, 11) is 0. The van der Waals surface area contributed by atoms with Gasteiger partial charge in [0.15, 0.2) is 6.17 Å². The summed E-state index contributed by atoms with van der Waals surface area (Å²) in [4.78, 5) is 47.2. The van der Waals surface area contributed by atoms with Crippen molar-refractivity contribution in [2.45, 2.75) is 91.5 Å². The molecule has 0 spiro atoms. The van der Waals surface area contributed by atoms with Gasteiger partial charge in [0.25, 0.3) is 11.8 Å². The first-order valence-corrected chi connectivity index (χ1v) is 10.3. The zero-order valence-corrected chi connectivity index (χ0v) is 18.9. The fourth-order valence-corrected chi connectivity index (χ4v) is 2.37. The number of hydrogen-bond acceptors (Lipinski definition) is 5. The summed E-state index contributed by atoms with van der Waals surface area (Å²) in [6, 6.07) is -0.846. The fraction of sp³-hybridized carbons (Fsp3) is 0.800. The number of ether oxygens (including phenoxy) is 1. The Morgan fingerprint density at radius 3 is 2.10 bits per heavy atom. The lowest BCUT2D eigenvalue weighted by Gasteiger charge is -2.24. The highest BCUT2D eigenvalue weighted by molar-refractivity contribution is 5.87. The molecule has 174 valence electrons. The number of halogens is 1. The highest BCUT2D eigenvalue weighted by atomic mass is 19.1. The molecular weight excluding hydrogens is 395 g/mol. The number of amides is 4. The summed E-state index contributed by atoms with van der Waals surface area (Å²) >= 11 is 0. The molecule has 0 aliphatic heterocycles. The maximum absolute atomic E-state index is 12.7. The van der Waals surface area contributed by atoms with Crippen LogP contribution in [0, 0.1) is 5.92 Å². The summed E-state index contributed by atoms with van der Waals surface area (Å²) in [5.74, 6) is -1.42. The highest BCUT2D eigenvalue weighted by Crippen LogP contribution is 2.09. The molecule has 0 aliphatic carbocycles. The molecule has 0 aromatic heterocycles. The van der Waals surface area contributed by atoms with Crippen LogP contribution < -0.4 is 21.5 Å². The van der Waals surface area contributed by atoms with Gasteiger partial charge < -0.3 is 15.4 Å². The third kappa shape index (κ3) is 14.6. The van der Waals surface area contributed by atoms with E-state index in [9.17, 15) is 23.6 Å². The first-order chi connectivity index (χ1) is 13.8. The van der Waals surface area contributed by atoms with E-state index in [1.807, 2.05) is 13.8 Å². The van der Waals surface area contributed by atoms with E-state index in [0.717, 1.165) is 0 Å². The molecule has 9 nitrogen and oxygen atoms in total. The van der Waals surface area contributed by atoms with Crippen molar-refractivity contribution < 1.29 is 28.3 Å². The number of unbranched alkanes of at least 4 members (excludes halogenated alkanes) is 2. The number of alkyl halides is 1. The lowest BCUT2D eigenvalue weighted by Crippen LogP contribution is -2.53. The van der Waals surface area contributed by atoms with Crippen molar-refractivity contribution in [2.24, 2.45) is 5.92 Å². The van der Waals surface area contributed by atoms with Gasteiger partial charge in [-0.25, -0.2) is 9.18 Å². The molecule has 0 aromatic carbocycles. The molecule has 30 heavy (non-hydrogen) atoms. The Morgan fingerprint density at radius 1 is 0.933 bits per heavy atom. The minimum atomic E-state index is -1.54. The van der Waals surface area contributed by atoms with Crippen LogP contribution in [0.2, 0.25) is 0 Å². The van der Waals surface area contributed by atoms with Crippen LogP contribution in [0.25, 0.3) is 0 Å². The van der Waals surface area contributed by atoms with Crippen LogP contribution in [0.3, 0.4) is 0 Å². The maximum Gasteiger partial charge on any atom is 0.408 e. The van der Waals surface area contributed by atoms with Crippen molar-refractivity contribution in [1.29, 1.82) is 0 Å². The number of carbonyl (C=O) groups is 4. The van der Waals surface area contributed by atoms with Gasteiger partial charge in [0.05, 0.1) is 0 Å². The van der Waals surface area contributed by atoms with Crippen molar-refractivity contribution in [2.75, 3.05) is 6.54 Å². The van der Waals surface area contributed by atoms with E-state index in [-0.39, 0.29) is 18.2 Å². The van der Waals surface area contributed by atoms with Gasteiger partial charge in [-0.05, 0) is 52.9 Å². The number of hydrazine groups is 1. The van der Waals surface area contributed by atoms with E-state index < -0.39 is 35.7 Å². The molecule has 0 aromatic rings. The highest BCUT2D eigenvalue weighted by Gasteiger charge is 2.25. The summed E-state index contributed by atoms with van der Waals surface area (Å²) < 4.78 is 17.8. The van der Waals surface area contributed by atoms with Crippen molar-refractivity contribution >= 4 is 23.8 Å². The molecule has 4 N–H and O–H groups in total. The number of hydrogen-bond donors (Lipinski definition) is 4. The normalized spacial score (nSPS) is 13.2. The van der Waals surface area contributed by atoms with Gasteiger partial charge in [-0.15, -0.1) is 0 Å². The molecule has 0 aliphatic rings. The van der Waals surface area contributed by atoms with Crippen LogP contribution in [0.15, 0.2) is 0 Å². The third-order valence-corrected chi connectivity index (χ3v) is 3.78. The zero-order chi connectivity index (χ0) is 23.3. The molecule has 0 heterocycles. The third-order valence-electron chi connectivity index (χ3n) is 3.78. The van der Waals surface area contributed by atoms with E-state index >= 15 is 0 Å². The second-order valence-electron chi connectivity index (χ2n) is 8.58. The molecule has 0 saturated carbocycles. The summed E-state index contributed by atoms with van der Waals surface area (Å²) in [5, 5.41) is 4.98. The van der Waals surface area contributed by atoms with E-state index in [2.05, 4.69) is 21.5 Å². The van der Waals surface area contributed by atoms with E-state index in [1.54, 1.807) is 20.8 Å². The van der Waals surface area contributed by atoms with Gasteiger partial charge in [-0.1, -0.05) is 20.3 Å². The predicted octanol–water partition coefficient (Wildman–Crippen LogP) is 2.11. The molecule has 10 heteroatoms. The Labute approximate surface area is 178 Å². The number of alkyl carbamates (subject to hydrolysis) is 1. The van der Waals surface area contributed by atoms with Crippen molar-refractivity contribution in [1.82, 2.24) is 21.5 Å². The fourth-order valence-electron chi connectivity index (χ4n) is 2.37. The SMILES string of the molecule is CC(C)C[C@@H](NC(=O)OC(C)(C)C)C(=O)NNC(=O)CCCCCNC(=O)C(C)F. The molecule has 0 radical (unpaired) electrons. The van der Waals surface area contributed by atoms with Gasteiger partial charge in [0, 0.05) is 13.0 Å². The van der Waals surface area contributed by atoms with E-state index in [0.29, 0.717) is 32.2 Å². The second kappa shape index (κ2) is 13.8. The molecule has 0 bridgehead atoms. The monoisotopic (exact) mass is 432 g/mol. The minimum Gasteiger partial charge on any atom is -0.444 e. The van der Waals surface area contributed by atoms with Crippen LogP contribution >= 0.6 is 0 Å². The predicted molar refractivity (Wildman–Crippen MR) is 111 cm³/mol. The largest absolute Gasteiger partial charge is 0.444 e. The maximum atomic E-state index is 12.7. The molecule has 4 amide bonds. The van der Waals surface area contributed by atoms with Gasteiger partial charge in [-0.2, -0.15) is 0 Å². The Bertz CT molecular complexity index is 576. The van der Waals surface area contributed by atoms with Gasteiger partial charge in [0.2, 0.25) is 5.91 Å². The van der Waals surface area contributed by atoms with Crippen molar-refractivity contribution in [3.05, 3.63) is 0 Å². The Balaban J connectivity index is 4.25. The molecule has 2 atom stereocenters. The topological polar surface area (TPSA) is 126 Å². The second-order valence-corrected chi connectivity index (χ2v) is 8.58. The van der Waals surface area contributed by atoms with Gasteiger partial charge >= 0.3 is 6.09 Å². The smallest absolute Gasteiger partial charge is 0.408 e. The number of carbonyl (C=O) groups excluding carboxylic acids is 4. The molecule has 0 fully saturated rings. The first kappa shape index (κ1) is 27.6. The standard InChI is InChI=1S/C20H37FN4O5/c1-13(2)12-15(23-19(29)30-20(4,5)6)18(28)25-24-16(26)10-8-7-9-11-22-17(27)14(3)21/h13-15H,7-12H2,1-6H3,(H,22,27)(H,23,29)(H,24,26)(H,25,28)/t14?,15-/m1/s1. The first-order valence-electron chi connectivity index (χ1n) is 10.3. The lowest BCUT2D eigenvalue weighted by atomic mass is 10.0. The van der Waals surface area contributed by atoms with Crippen LogP contribution in [-0.2, 0) is 19.1 Å². The van der Waals surface area contributed by atoms with Gasteiger partial charge in [-0.3, -0.25) is 25.2 Å². The molecule has 0 rings (SSSR count). The van der Waals surface area contributed by atoms with Crippen LogP contribution in [0.5, 0.6) is 0 Å². The number of rotatable bonds is 11. The van der Waals surface area contributed by atoms with Crippen molar-refractivity contribution in [3.63, 3.8) is 0 Å². The number of nitrogens with one attached hydrogen (secondary N) is 4. The van der Waals surface area contributed by atoms with Crippen LogP contribution in [0.1, 0.15) is 73.6 Å². The van der Waals surface area contributed by atoms with E-state index in [1.165, 1.54) is 6.92 Å². The molecule has 1 unspecified atom stereocenters. The molecular formula is C20H37FN4O5. The summed E-state index contributed by atoms with van der Waals surface area (Å²) in [6.45, 7) is 10.5. The quantitative estimate of drug-likeness (QED) is 0.294. The zero-order valence-electron chi connectivity index (χ0n) is 18.9. The Morgan fingerprint density at radius 2 is 1.57 bits per heavy atom.